The maximum Gasteiger partial charge on any atom is 0.253 e. The quantitative estimate of drug-likeness (QED) is 0.805. The Labute approximate surface area is 113 Å². The second-order valence-electron chi connectivity index (χ2n) is 4.76. The predicted molar refractivity (Wildman–Crippen MR) is 76.5 cm³/mol. The molecule has 1 aliphatic rings. The van der Waals surface area contributed by atoms with E-state index in [1.54, 1.807) is 12.1 Å². The third-order valence-corrected chi connectivity index (χ3v) is 3.19. The maximum absolute atomic E-state index is 12.1. The van der Waals surface area contributed by atoms with Crippen molar-refractivity contribution in [1.29, 1.82) is 0 Å². The van der Waals surface area contributed by atoms with Crippen LogP contribution >= 0.6 is 0 Å². The van der Waals surface area contributed by atoms with E-state index in [9.17, 15) is 4.79 Å². The molecular weight excluding hydrogens is 242 g/mol. The molecule has 3 N–H and O–H groups in total. The Balaban J connectivity index is 2.31. The second-order valence-corrected chi connectivity index (χ2v) is 4.76. The van der Waals surface area contributed by atoms with E-state index in [0.29, 0.717) is 24.4 Å². The third kappa shape index (κ3) is 3.17. The second kappa shape index (κ2) is 5.93. The van der Waals surface area contributed by atoms with Crippen LogP contribution in [0.2, 0.25) is 0 Å². The van der Waals surface area contributed by atoms with Gasteiger partial charge in [-0.25, -0.2) is 0 Å². The molecule has 2 rings (SSSR count). The molecule has 1 fully saturated rings. The number of carbonyl (C=O) groups excluding carboxylic acids is 1. The minimum atomic E-state index is -0.0587. The predicted octanol–water partition coefficient (Wildman–Crippen LogP) is 1.24. The highest BCUT2D eigenvalue weighted by Crippen LogP contribution is 2.25. The number of nitrogens with one attached hydrogen (secondary N) is 1. The molecule has 0 spiro atoms. The molecule has 5 nitrogen and oxygen atoms in total. The zero-order valence-electron chi connectivity index (χ0n) is 11.5. The Morgan fingerprint density at radius 2 is 2.37 bits per heavy atom. The van der Waals surface area contributed by atoms with E-state index in [2.05, 4.69) is 10.2 Å². The van der Waals surface area contributed by atoms with Crippen molar-refractivity contribution in [3.05, 3.63) is 23.8 Å². The number of morpholine rings is 1. The molecule has 1 atom stereocenters. The monoisotopic (exact) mass is 263 g/mol. The Bertz CT molecular complexity index is 462. The minimum absolute atomic E-state index is 0.0587. The SMILES string of the molecule is CCNC(=O)c1ccc(N)cc1N1CCOC(C)C1. The number of hydrogen-bond donors (Lipinski definition) is 2. The lowest BCUT2D eigenvalue weighted by Gasteiger charge is -2.34. The highest BCUT2D eigenvalue weighted by molar-refractivity contribution is 6.00. The van der Waals surface area contributed by atoms with E-state index in [0.717, 1.165) is 18.8 Å². The fourth-order valence-electron chi connectivity index (χ4n) is 2.30. The van der Waals surface area contributed by atoms with Crippen molar-refractivity contribution in [2.75, 3.05) is 36.9 Å². The van der Waals surface area contributed by atoms with Crippen LogP contribution in [0.5, 0.6) is 0 Å². The molecule has 0 aromatic heterocycles. The van der Waals surface area contributed by atoms with Gasteiger partial charge in [0.25, 0.3) is 5.91 Å². The van der Waals surface area contributed by atoms with Crippen molar-refractivity contribution in [2.24, 2.45) is 0 Å². The first-order valence-corrected chi connectivity index (χ1v) is 6.66. The summed E-state index contributed by atoms with van der Waals surface area (Å²) in [5.74, 6) is -0.0587. The fourth-order valence-corrected chi connectivity index (χ4v) is 2.30. The molecule has 1 aromatic rings. The number of rotatable bonds is 3. The maximum atomic E-state index is 12.1. The van der Waals surface area contributed by atoms with Gasteiger partial charge < -0.3 is 20.7 Å². The molecule has 0 bridgehead atoms. The number of nitrogen functional groups attached to an aromatic ring is 1. The van der Waals surface area contributed by atoms with E-state index in [1.165, 1.54) is 0 Å². The number of benzene rings is 1. The largest absolute Gasteiger partial charge is 0.399 e. The van der Waals surface area contributed by atoms with Crippen molar-refractivity contribution in [3.63, 3.8) is 0 Å². The lowest BCUT2D eigenvalue weighted by molar-refractivity contribution is 0.0531. The molecule has 1 amide bonds. The van der Waals surface area contributed by atoms with Crippen molar-refractivity contribution < 1.29 is 9.53 Å². The number of anilines is 2. The van der Waals surface area contributed by atoms with E-state index in [-0.39, 0.29) is 12.0 Å². The Morgan fingerprint density at radius 3 is 3.05 bits per heavy atom. The summed E-state index contributed by atoms with van der Waals surface area (Å²) < 4.78 is 5.53. The Hall–Kier alpha value is -1.75. The number of ether oxygens (including phenoxy) is 1. The van der Waals surface area contributed by atoms with Crippen LogP contribution in [-0.2, 0) is 4.74 Å². The Kier molecular flexibility index (Phi) is 4.27. The van der Waals surface area contributed by atoms with Gasteiger partial charge >= 0.3 is 0 Å². The molecule has 0 radical (unpaired) electrons. The molecule has 19 heavy (non-hydrogen) atoms. The first-order valence-electron chi connectivity index (χ1n) is 6.66. The third-order valence-electron chi connectivity index (χ3n) is 3.19. The number of amides is 1. The van der Waals surface area contributed by atoms with Crippen LogP contribution in [0.3, 0.4) is 0 Å². The summed E-state index contributed by atoms with van der Waals surface area (Å²) in [6.45, 7) is 6.78. The molecule has 1 saturated heterocycles. The summed E-state index contributed by atoms with van der Waals surface area (Å²) in [6, 6.07) is 5.41. The zero-order chi connectivity index (χ0) is 13.8. The van der Waals surface area contributed by atoms with Crippen LogP contribution in [0.25, 0.3) is 0 Å². The van der Waals surface area contributed by atoms with Gasteiger partial charge in [-0.05, 0) is 32.0 Å². The van der Waals surface area contributed by atoms with Crippen LogP contribution < -0.4 is 16.0 Å². The average Bonchev–Trinajstić information content (AvgIpc) is 2.39. The summed E-state index contributed by atoms with van der Waals surface area (Å²) in [6.07, 6.45) is 0.164. The number of nitrogens with zero attached hydrogens (tertiary/aromatic N) is 1. The number of hydrogen-bond acceptors (Lipinski definition) is 4. The first-order chi connectivity index (χ1) is 9.11. The van der Waals surface area contributed by atoms with Crippen molar-refractivity contribution in [2.45, 2.75) is 20.0 Å². The molecule has 0 aliphatic carbocycles. The lowest BCUT2D eigenvalue weighted by Crippen LogP contribution is -2.42. The van der Waals surface area contributed by atoms with E-state index >= 15 is 0 Å². The van der Waals surface area contributed by atoms with E-state index in [4.69, 9.17) is 10.5 Å². The van der Waals surface area contributed by atoms with E-state index < -0.39 is 0 Å². The topological polar surface area (TPSA) is 67.6 Å². The average molecular weight is 263 g/mol. The first kappa shape index (κ1) is 13.7. The van der Waals surface area contributed by atoms with Gasteiger partial charge in [-0.1, -0.05) is 0 Å². The van der Waals surface area contributed by atoms with Gasteiger partial charge in [-0.15, -0.1) is 0 Å². The van der Waals surface area contributed by atoms with Crippen molar-refractivity contribution in [1.82, 2.24) is 5.32 Å². The van der Waals surface area contributed by atoms with Crippen LogP contribution in [0.1, 0.15) is 24.2 Å². The standard InChI is InChI=1S/C14H21N3O2/c1-3-16-14(18)12-5-4-11(15)8-13(12)17-6-7-19-10(2)9-17/h4-5,8,10H,3,6-7,9,15H2,1-2H3,(H,16,18). The van der Waals surface area contributed by atoms with Crippen molar-refractivity contribution in [3.8, 4) is 0 Å². The van der Waals surface area contributed by atoms with Gasteiger partial charge in [-0.2, -0.15) is 0 Å². The molecular formula is C14H21N3O2. The lowest BCUT2D eigenvalue weighted by atomic mass is 10.1. The van der Waals surface area contributed by atoms with Crippen LogP contribution in [0.4, 0.5) is 11.4 Å². The van der Waals surface area contributed by atoms with Gasteiger partial charge in [0.1, 0.15) is 0 Å². The smallest absolute Gasteiger partial charge is 0.253 e. The van der Waals surface area contributed by atoms with Gasteiger partial charge in [0.05, 0.1) is 24.0 Å². The number of nitrogens with two attached hydrogens (primary N) is 1. The van der Waals surface area contributed by atoms with Crippen molar-refractivity contribution >= 4 is 17.3 Å². The van der Waals surface area contributed by atoms with Crippen LogP contribution in [0, 0.1) is 0 Å². The molecule has 1 aromatic carbocycles. The van der Waals surface area contributed by atoms with Gasteiger partial charge in [0.2, 0.25) is 0 Å². The summed E-state index contributed by atoms with van der Waals surface area (Å²) >= 11 is 0. The summed E-state index contributed by atoms with van der Waals surface area (Å²) in [5.41, 5.74) is 8.08. The molecule has 1 aliphatic heterocycles. The molecule has 0 saturated carbocycles. The molecule has 1 unspecified atom stereocenters. The number of carbonyl (C=O) groups is 1. The normalized spacial score (nSPS) is 19.3. The molecule has 5 heteroatoms. The summed E-state index contributed by atoms with van der Waals surface area (Å²) in [4.78, 5) is 14.3. The highest BCUT2D eigenvalue weighted by atomic mass is 16.5. The molecule has 1 heterocycles. The van der Waals surface area contributed by atoms with Gasteiger partial charge in [0.15, 0.2) is 0 Å². The van der Waals surface area contributed by atoms with Crippen LogP contribution in [-0.4, -0.2) is 38.3 Å². The highest BCUT2D eigenvalue weighted by Gasteiger charge is 2.21. The van der Waals surface area contributed by atoms with Gasteiger partial charge in [-0.3, -0.25) is 4.79 Å². The van der Waals surface area contributed by atoms with Gasteiger partial charge in [0, 0.05) is 25.3 Å². The summed E-state index contributed by atoms with van der Waals surface area (Å²) in [7, 11) is 0. The Morgan fingerprint density at radius 1 is 1.58 bits per heavy atom. The fraction of sp³-hybridized carbons (Fsp3) is 0.500. The van der Waals surface area contributed by atoms with Crippen LogP contribution in [0.15, 0.2) is 18.2 Å². The molecule has 104 valence electrons. The minimum Gasteiger partial charge on any atom is -0.399 e. The summed E-state index contributed by atoms with van der Waals surface area (Å²) in [5, 5.41) is 2.83. The van der Waals surface area contributed by atoms with E-state index in [1.807, 2.05) is 19.9 Å². The zero-order valence-corrected chi connectivity index (χ0v) is 11.5.